The average Bonchev–Trinajstić information content (AvgIpc) is 2.86. The van der Waals surface area contributed by atoms with Gasteiger partial charge in [0.1, 0.15) is 5.75 Å². The molecule has 2 heterocycles. The Morgan fingerprint density at radius 2 is 1.90 bits per heavy atom. The first-order chi connectivity index (χ1) is 10.1. The Morgan fingerprint density at radius 3 is 2.62 bits per heavy atom. The summed E-state index contributed by atoms with van der Waals surface area (Å²) in [4.78, 5) is 17.8. The lowest BCUT2D eigenvalue weighted by Crippen LogP contribution is -2.24. The highest BCUT2D eigenvalue weighted by Crippen LogP contribution is 2.42. The number of anilines is 1. The summed E-state index contributed by atoms with van der Waals surface area (Å²) in [6, 6.07) is 6.60. The molecule has 1 unspecified atom stereocenters. The number of aromatic hydroxyl groups is 1. The second kappa shape index (κ2) is 5.54. The van der Waals surface area contributed by atoms with Gasteiger partial charge in [0.05, 0.1) is 10.0 Å². The highest BCUT2D eigenvalue weighted by Gasteiger charge is 2.34. The second-order valence-corrected chi connectivity index (χ2v) is 5.69. The highest BCUT2D eigenvalue weighted by molar-refractivity contribution is 6.42. The van der Waals surface area contributed by atoms with E-state index in [4.69, 9.17) is 23.2 Å². The number of phenolic OH excluding ortho intramolecular Hbond substituents is 1. The van der Waals surface area contributed by atoms with Gasteiger partial charge in [0, 0.05) is 42.5 Å². The van der Waals surface area contributed by atoms with Crippen molar-refractivity contribution >= 4 is 34.8 Å². The molecule has 1 fully saturated rings. The molecule has 1 atom stereocenters. The molecule has 0 aliphatic carbocycles. The minimum atomic E-state index is -0.183. The molecular formula is C15H12Cl2N2O2. The molecule has 1 aromatic carbocycles. The van der Waals surface area contributed by atoms with Gasteiger partial charge in [-0.2, -0.15) is 0 Å². The van der Waals surface area contributed by atoms with E-state index in [0.29, 0.717) is 22.2 Å². The van der Waals surface area contributed by atoms with Crippen LogP contribution in [-0.4, -0.2) is 22.5 Å². The summed E-state index contributed by atoms with van der Waals surface area (Å²) in [5, 5.41) is 10.7. The van der Waals surface area contributed by atoms with Crippen molar-refractivity contribution in [3.05, 3.63) is 52.3 Å². The van der Waals surface area contributed by atoms with Gasteiger partial charge in [0.25, 0.3) is 0 Å². The lowest BCUT2D eigenvalue weighted by atomic mass is 9.97. The van der Waals surface area contributed by atoms with Crippen LogP contribution in [0.3, 0.4) is 0 Å². The quantitative estimate of drug-likeness (QED) is 0.918. The molecule has 0 spiro atoms. The molecule has 1 aliphatic rings. The summed E-state index contributed by atoms with van der Waals surface area (Å²) in [6.07, 6.45) is 3.56. The number of aromatic nitrogens is 1. The van der Waals surface area contributed by atoms with Gasteiger partial charge in [0.2, 0.25) is 5.91 Å². The molecule has 1 aromatic heterocycles. The number of hydrogen-bond acceptors (Lipinski definition) is 3. The summed E-state index contributed by atoms with van der Waals surface area (Å²) in [7, 11) is 0. The van der Waals surface area contributed by atoms with Crippen LogP contribution in [0.25, 0.3) is 0 Å². The van der Waals surface area contributed by atoms with Crippen molar-refractivity contribution in [3.8, 4) is 5.75 Å². The van der Waals surface area contributed by atoms with Crippen LogP contribution >= 0.6 is 23.2 Å². The summed E-state index contributed by atoms with van der Waals surface area (Å²) in [6.45, 7) is 0.455. The predicted molar refractivity (Wildman–Crippen MR) is 82.1 cm³/mol. The van der Waals surface area contributed by atoms with Gasteiger partial charge in [-0.05, 0) is 24.3 Å². The molecule has 0 saturated carbocycles. The third-order valence-corrected chi connectivity index (χ3v) is 4.44. The number of carbonyl (C=O) groups is 1. The van der Waals surface area contributed by atoms with Gasteiger partial charge in [0.15, 0.2) is 0 Å². The van der Waals surface area contributed by atoms with Crippen LogP contribution in [0.4, 0.5) is 5.69 Å². The Hall–Kier alpha value is -1.78. The zero-order valence-corrected chi connectivity index (χ0v) is 12.5. The van der Waals surface area contributed by atoms with Gasteiger partial charge < -0.3 is 10.0 Å². The maximum Gasteiger partial charge on any atom is 0.227 e. The zero-order valence-electron chi connectivity index (χ0n) is 11.0. The van der Waals surface area contributed by atoms with E-state index in [0.717, 1.165) is 5.69 Å². The smallest absolute Gasteiger partial charge is 0.227 e. The van der Waals surface area contributed by atoms with Crippen LogP contribution in [-0.2, 0) is 4.79 Å². The van der Waals surface area contributed by atoms with Crippen LogP contribution in [0.15, 0.2) is 36.7 Å². The Kier molecular flexibility index (Phi) is 3.74. The fraction of sp³-hybridized carbons (Fsp3) is 0.200. The largest absolute Gasteiger partial charge is 0.508 e. The van der Waals surface area contributed by atoms with E-state index in [9.17, 15) is 9.90 Å². The van der Waals surface area contributed by atoms with Crippen molar-refractivity contribution in [2.75, 3.05) is 11.4 Å². The molecule has 1 amide bonds. The minimum absolute atomic E-state index is 0.0124. The third-order valence-electron chi connectivity index (χ3n) is 3.62. The zero-order chi connectivity index (χ0) is 15.0. The molecule has 2 aromatic rings. The van der Waals surface area contributed by atoms with E-state index in [2.05, 4.69) is 4.98 Å². The highest BCUT2D eigenvalue weighted by atomic mass is 35.5. The molecule has 1 saturated heterocycles. The fourth-order valence-electron chi connectivity index (χ4n) is 2.62. The molecule has 0 radical (unpaired) electrons. The topological polar surface area (TPSA) is 53.4 Å². The van der Waals surface area contributed by atoms with Gasteiger partial charge >= 0.3 is 0 Å². The van der Waals surface area contributed by atoms with Crippen LogP contribution < -0.4 is 4.90 Å². The third kappa shape index (κ3) is 2.57. The first-order valence-corrected chi connectivity index (χ1v) is 7.20. The number of nitrogens with zero attached hydrogens (tertiary/aromatic N) is 2. The number of phenols is 1. The van der Waals surface area contributed by atoms with E-state index in [1.807, 2.05) is 0 Å². The lowest BCUT2D eigenvalue weighted by molar-refractivity contribution is -0.117. The number of carbonyl (C=O) groups excluding carboxylic acids is 1. The van der Waals surface area contributed by atoms with Gasteiger partial charge in [-0.25, -0.2) is 0 Å². The Balaban J connectivity index is 1.94. The second-order valence-electron chi connectivity index (χ2n) is 4.90. The van der Waals surface area contributed by atoms with E-state index in [1.165, 1.54) is 6.07 Å². The molecule has 0 bridgehead atoms. The maximum absolute atomic E-state index is 12.2. The molecular weight excluding hydrogens is 311 g/mol. The lowest BCUT2D eigenvalue weighted by Gasteiger charge is -2.18. The van der Waals surface area contributed by atoms with E-state index in [1.54, 1.807) is 35.5 Å². The number of rotatable bonds is 2. The van der Waals surface area contributed by atoms with Crippen LogP contribution in [0.1, 0.15) is 17.9 Å². The summed E-state index contributed by atoms with van der Waals surface area (Å²) in [5.41, 5.74) is 1.32. The Labute approximate surface area is 131 Å². The van der Waals surface area contributed by atoms with Crippen LogP contribution in [0.2, 0.25) is 10.0 Å². The van der Waals surface area contributed by atoms with Gasteiger partial charge in [-0.15, -0.1) is 0 Å². The molecule has 3 rings (SSSR count). The number of hydrogen-bond donors (Lipinski definition) is 1. The van der Waals surface area contributed by atoms with Crippen molar-refractivity contribution < 1.29 is 9.90 Å². The first kappa shape index (κ1) is 14.2. The van der Waals surface area contributed by atoms with Crippen molar-refractivity contribution in [2.24, 2.45) is 0 Å². The van der Waals surface area contributed by atoms with Crippen molar-refractivity contribution in [2.45, 2.75) is 12.3 Å². The molecule has 1 aliphatic heterocycles. The number of amides is 1. The van der Waals surface area contributed by atoms with E-state index >= 15 is 0 Å². The molecule has 108 valence electrons. The molecule has 21 heavy (non-hydrogen) atoms. The monoisotopic (exact) mass is 322 g/mol. The number of benzene rings is 1. The summed E-state index contributed by atoms with van der Waals surface area (Å²) < 4.78 is 0. The van der Waals surface area contributed by atoms with Gasteiger partial charge in [-0.3, -0.25) is 9.78 Å². The average molecular weight is 323 g/mol. The standard InChI is InChI=1S/C15H12Cl2N2O2/c16-11-1-2-12(20)14(15(11)17)9-7-13(21)19(8-9)10-3-5-18-6-4-10/h1-6,9,20H,7-8H2. The van der Waals surface area contributed by atoms with Crippen molar-refractivity contribution in [3.63, 3.8) is 0 Å². The number of halogens is 2. The van der Waals surface area contributed by atoms with E-state index in [-0.39, 0.29) is 24.0 Å². The Morgan fingerprint density at radius 1 is 1.19 bits per heavy atom. The summed E-state index contributed by atoms with van der Waals surface area (Å²) >= 11 is 12.2. The maximum atomic E-state index is 12.2. The molecule has 6 heteroatoms. The predicted octanol–water partition coefficient (Wildman–Crippen LogP) is 3.61. The van der Waals surface area contributed by atoms with E-state index < -0.39 is 0 Å². The van der Waals surface area contributed by atoms with Crippen LogP contribution in [0.5, 0.6) is 5.75 Å². The van der Waals surface area contributed by atoms with Crippen molar-refractivity contribution in [1.29, 1.82) is 0 Å². The number of pyridine rings is 1. The molecule has 1 N–H and O–H groups in total. The normalized spacial score (nSPS) is 18.3. The Bertz CT molecular complexity index is 692. The fourth-order valence-corrected chi connectivity index (χ4v) is 3.10. The SMILES string of the molecule is O=C1CC(c2c(O)ccc(Cl)c2Cl)CN1c1ccncc1. The van der Waals surface area contributed by atoms with Crippen LogP contribution in [0, 0.1) is 0 Å². The van der Waals surface area contributed by atoms with Crippen molar-refractivity contribution in [1.82, 2.24) is 4.98 Å². The summed E-state index contributed by atoms with van der Waals surface area (Å²) in [5.74, 6) is -0.128. The first-order valence-electron chi connectivity index (χ1n) is 6.45. The minimum Gasteiger partial charge on any atom is -0.508 e. The molecule has 4 nitrogen and oxygen atoms in total. The van der Waals surface area contributed by atoms with Gasteiger partial charge in [-0.1, -0.05) is 23.2 Å².